The fourth-order valence-electron chi connectivity index (χ4n) is 2.70. The summed E-state index contributed by atoms with van der Waals surface area (Å²) in [5.41, 5.74) is 0.389. The van der Waals surface area contributed by atoms with E-state index in [1.807, 2.05) is 6.33 Å². The molecule has 1 aliphatic carbocycles. The van der Waals surface area contributed by atoms with Gasteiger partial charge in [0.1, 0.15) is 12.2 Å². The molecule has 0 amide bonds. The lowest BCUT2D eigenvalue weighted by Gasteiger charge is -2.27. The van der Waals surface area contributed by atoms with Gasteiger partial charge in [0.05, 0.1) is 0 Å². The molecular formula is C12H21N3. The Bertz CT molecular complexity index is 338. The Morgan fingerprint density at radius 3 is 2.73 bits per heavy atom. The second kappa shape index (κ2) is 3.62. The van der Waals surface area contributed by atoms with E-state index in [0.29, 0.717) is 17.4 Å². The van der Waals surface area contributed by atoms with Crippen LogP contribution in [0.25, 0.3) is 0 Å². The van der Waals surface area contributed by atoms with Gasteiger partial charge in [-0.05, 0) is 32.1 Å². The SMILES string of the molecule is CC(C)n1cnnc1C1CCCC1(C)C. The van der Waals surface area contributed by atoms with Gasteiger partial charge in [-0.25, -0.2) is 0 Å². The fourth-order valence-corrected chi connectivity index (χ4v) is 2.70. The lowest BCUT2D eigenvalue weighted by atomic mass is 9.81. The molecule has 15 heavy (non-hydrogen) atoms. The van der Waals surface area contributed by atoms with Gasteiger partial charge in [-0.1, -0.05) is 20.3 Å². The van der Waals surface area contributed by atoms with Crippen LogP contribution in [-0.2, 0) is 0 Å². The van der Waals surface area contributed by atoms with Crippen LogP contribution in [0.2, 0.25) is 0 Å². The Labute approximate surface area is 91.9 Å². The van der Waals surface area contributed by atoms with Crippen LogP contribution >= 0.6 is 0 Å². The van der Waals surface area contributed by atoms with Gasteiger partial charge in [-0.2, -0.15) is 0 Å². The van der Waals surface area contributed by atoms with Crippen LogP contribution in [-0.4, -0.2) is 14.8 Å². The number of hydrogen-bond acceptors (Lipinski definition) is 2. The Morgan fingerprint density at radius 1 is 1.47 bits per heavy atom. The van der Waals surface area contributed by atoms with E-state index in [4.69, 9.17) is 0 Å². The van der Waals surface area contributed by atoms with Crippen molar-refractivity contribution in [3.63, 3.8) is 0 Å². The van der Waals surface area contributed by atoms with Crippen LogP contribution in [0.5, 0.6) is 0 Å². The van der Waals surface area contributed by atoms with Crippen molar-refractivity contribution in [1.29, 1.82) is 0 Å². The lowest BCUT2D eigenvalue weighted by molar-refractivity contribution is 0.311. The third-order valence-corrected chi connectivity index (χ3v) is 3.73. The van der Waals surface area contributed by atoms with Crippen LogP contribution in [0.4, 0.5) is 0 Å². The van der Waals surface area contributed by atoms with E-state index in [2.05, 4.69) is 42.5 Å². The summed E-state index contributed by atoms with van der Waals surface area (Å²) < 4.78 is 2.22. The molecule has 0 saturated heterocycles. The Kier molecular flexibility index (Phi) is 2.57. The van der Waals surface area contributed by atoms with E-state index in [-0.39, 0.29) is 0 Å². The van der Waals surface area contributed by atoms with Gasteiger partial charge >= 0.3 is 0 Å². The maximum absolute atomic E-state index is 4.33. The molecule has 84 valence electrons. The van der Waals surface area contributed by atoms with E-state index < -0.39 is 0 Å². The predicted octanol–water partition coefficient (Wildman–Crippen LogP) is 3.15. The molecule has 1 aromatic rings. The highest BCUT2D eigenvalue weighted by atomic mass is 15.3. The normalized spacial score (nSPS) is 25.0. The summed E-state index contributed by atoms with van der Waals surface area (Å²) in [5.74, 6) is 1.77. The molecule has 3 heteroatoms. The zero-order chi connectivity index (χ0) is 11.1. The molecule has 1 atom stereocenters. The van der Waals surface area contributed by atoms with Gasteiger partial charge < -0.3 is 4.57 Å². The van der Waals surface area contributed by atoms with Crippen molar-refractivity contribution in [2.24, 2.45) is 5.41 Å². The molecule has 0 N–H and O–H groups in total. The molecule has 1 heterocycles. The van der Waals surface area contributed by atoms with Gasteiger partial charge in [0, 0.05) is 12.0 Å². The third kappa shape index (κ3) is 1.80. The smallest absolute Gasteiger partial charge is 0.136 e. The van der Waals surface area contributed by atoms with Gasteiger partial charge in [0.15, 0.2) is 0 Å². The summed E-state index contributed by atoms with van der Waals surface area (Å²) >= 11 is 0. The molecule has 1 aromatic heterocycles. The molecule has 0 spiro atoms. The Morgan fingerprint density at radius 2 is 2.20 bits per heavy atom. The molecule has 0 aromatic carbocycles. The number of hydrogen-bond donors (Lipinski definition) is 0. The minimum absolute atomic E-state index is 0.389. The molecule has 0 bridgehead atoms. The van der Waals surface area contributed by atoms with E-state index >= 15 is 0 Å². The monoisotopic (exact) mass is 207 g/mol. The van der Waals surface area contributed by atoms with Crippen LogP contribution in [0, 0.1) is 5.41 Å². The maximum Gasteiger partial charge on any atom is 0.136 e. The number of rotatable bonds is 2. The highest BCUT2D eigenvalue weighted by Crippen LogP contribution is 2.48. The van der Waals surface area contributed by atoms with Gasteiger partial charge in [-0.3, -0.25) is 0 Å². The zero-order valence-corrected chi connectivity index (χ0v) is 10.2. The molecule has 1 saturated carbocycles. The van der Waals surface area contributed by atoms with Crippen molar-refractivity contribution in [2.75, 3.05) is 0 Å². The Hall–Kier alpha value is -0.860. The summed E-state index contributed by atoms with van der Waals surface area (Å²) in [6.45, 7) is 9.08. The van der Waals surface area contributed by atoms with Crippen molar-refractivity contribution in [2.45, 2.75) is 58.9 Å². The topological polar surface area (TPSA) is 30.7 Å². The third-order valence-electron chi connectivity index (χ3n) is 3.73. The first-order valence-electron chi connectivity index (χ1n) is 5.92. The van der Waals surface area contributed by atoms with Crippen molar-refractivity contribution >= 4 is 0 Å². The standard InChI is InChI=1S/C12H21N3/c1-9(2)15-8-13-14-11(15)10-6-5-7-12(10,3)4/h8-10H,5-7H2,1-4H3. The molecule has 0 aliphatic heterocycles. The quantitative estimate of drug-likeness (QED) is 0.745. The fraction of sp³-hybridized carbons (Fsp3) is 0.833. The maximum atomic E-state index is 4.33. The molecule has 1 unspecified atom stereocenters. The van der Waals surface area contributed by atoms with Crippen LogP contribution in [0.3, 0.4) is 0 Å². The number of nitrogens with zero attached hydrogens (tertiary/aromatic N) is 3. The average molecular weight is 207 g/mol. The summed E-state index contributed by atoms with van der Waals surface area (Å²) in [6, 6.07) is 0.464. The largest absolute Gasteiger partial charge is 0.315 e. The van der Waals surface area contributed by atoms with Crippen molar-refractivity contribution in [3.8, 4) is 0 Å². The summed E-state index contributed by atoms with van der Waals surface area (Å²) in [7, 11) is 0. The van der Waals surface area contributed by atoms with Crippen molar-refractivity contribution < 1.29 is 0 Å². The van der Waals surface area contributed by atoms with Crippen LogP contribution in [0.15, 0.2) is 6.33 Å². The predicted molar refractivity (Wildman–Crippen MR) is 60.8 cm³/mol. The van der Waals surface area contributed by atoms with Gasteiger partial charge in [-0.15, -0.1) is 10.2 Å². The van der Waals surface area contributed by atoms with E-state index in [1.165, 1.54) is 25.1 Å². The number of aromatic nitrogens is 3. The van der Waals surface area contributed by atoms with E-state index in [0.717, 1.165) is 0 Å². The molecule has 0 radical (unpaired) electrons. The van der Waals surface area contributed by atoms with Crippen molar-refractivity contribution in [1.82, 2.24) is 14.8 Å². The molecular weight excluding hydrogens is 186 g/mol. The second-order valence-electron chi connectivity index (χ2n) is 5.62. The molecule has 1 fully saturated rings. The highest BCUT2D eigenvalue weighted by Gasteiger charge is 2.38. The van der Waals surface area contributed by atoms with E-state index in [9.17, 15) is 0 Å². The van der Waals surface area contributed by atoms with E-state index in [1.54, 1.807) is 0 Å². The minimum atomic E-state index is 0.389. The van der Waals surface area contributed by atoms with Crippen molar-refractivity contribution in [3.05, 3.63) is 12.2 Å². The highest BCUT2D eigenvalue weighted by molar-refractivity contribution is 5.07. The molecule has 1 aliphatic rings. The first kappa shape index (κ1) is 10.7. The summed E-state index contributed by atoms with van der Waals surface area (Å²) in [4.78, 5) is 0. The second-order valence-corrected chi connectivity index (χ2v) is 5.62. The first-order valence-corrected chi connectivity index (χ1v) is 5.92. The summed E-state index contributed by atoms with van der Waals surface area (Å²) in [5, 5.41) is 8.39. The molecule has 2 rings (SSSR count). The average Bonchev–Trinajstić information content (AvgIpc) is 2.69. The summed E-state index contributed by atoms with van der Waals surface area (Å²) in [6.07, 6.45) is 5.76. The first-order chi connectivity index (χ1) is 7.02. The van der Waals surface area contributed by atoms with Crippen LogP contribution < -0.4 is 0 Å². The minimum Gasteiger partial charge on any atom is -0.315 e. The molecule has 3 nitrogen and oxygen atoms in total. The van der Waals surface area contributed by atoms with Gasteiger partial charge in [0.25, 0.3) is 0 Å². The Balaban J connectivity index is 2.33. The zero-order valence-electron chi connectivity index (χ0n) is 10.2. The van der Waals surface area contributed by atoms with Gasteiger partial charge in [0.2, 0.25) is 0 Å². The lowest BCUT2D eigenvalue weighted by Crippen LogP contribution is -2.20. The van der Waals surface area contributed by atoms with Crippen LogP contribution in [0.1, 0.15) is 64.7 Å².